The molecule has 0 bridgehead atoms. The molecule has 0 rings (SSSR count). The van der Waals surface area contributed by atoms with Crippen LogP contribution in [0.5, 0.6) is 0 Å². The van der Waals surface area contributed by atoms with Crippen LogP contribution in [0.4, 0.5) is 0 Å². The van der Waals surface area contributed by atoms with Gasteiger partial charge in [0.2, 0.25) is 0 Å². The zero-order chi connectivity index (χ0) is 0. The number of rotatable bonds is 0. The molecule has 0 heterocycles. The molecule has 0 saturated heterocycles. The van der Waals surface area contributed by atoms with Crippen molar-refractivity contribution in [3.05, 3.63) is 0 Å². The van der Waals surface area contributed by atoms with E-state index in [0.717, 1.165) is 0 Å². The Labute approximate surface area is 77.3 Å². The van der Waals surface area contributed by atoms with Crippen LogP contribution < -0.4 is 0 Å². The molecule has 6 heavy (non-hydrogen) atoms. The van der Waals surface area contributed by atoms with Crippen molar-refractivity contribution in [1.82, 2.24) is 0 Å². The summed E-state index contributed by atoms with van der Waals surface area (Å²) in [6.07, 6.45) is 0. The molecule has 6 heteroatoms. The van der Waals surface area contributed by atoms with Crippen LogP contribution in [0.3, 0.4) is 0 Å². The molecule has 0 aromatic rings. The number of hydrogen-bond donors (Lipinski definition) is 0. The predicted octanol–water partition coefficient (Wildman–Crippen LogP) is -3.40. The summed E-state index contributed by atoms with van der Waals surface area (Å²) in [5.74, 6) is 0. The van der Waals surface area contributed by atoms with E-state index in [1.807, 2.05) is 0 Å². The second-order valence-corrected chi connectivity index (χ2v) is 0. The van der Waals surface area contributed by atoms with Crippen LogP contribution in [0.2, 0.25) is 0 Å². The van der Waals surface area contributed by atoms with Crippen molar-refractivity contribution in [1.29, 1.82) is 0 Å². The second-order valence-electron chi connectivity index (χ2n) is 0. The Morgan fingerprint density at radius 1 is 0.500 bits per heavy atom. The van der Waals surface area contributed by atoms with Crippen molar-refractivity contribution in [3.63, 3.8) is 0 Å². The summed E-state index contributed by atoms with van der Waals surface area (Å²) in [6, 6.07) is 0. The van der Waals surface area contributed by atoms with Gasteiger partial charge in [0.25, 0.3) is 0 Å². The quantitative estimate of drug-likeness (QED) is 0.395. The van der Waals surface area contributed by atoms with Gasteiger partial charge in [0.05, 0.1) is 0 Å². The third-order valence-electron chi connectivity index (χ3n) is 0. The summed E-state index contributed by atoms with van der Waals surface area (Å²) in [5, 5.41) is 0. The Balaban J connectivity index is 0. The summed E-state index contributed by atoms with van der Waals surface area (Å²) >= 11 is 0. The Morgan fingerprint density at radius 3 is 0.500 bits per heavy atom. The Morgan fingerprint density at radius 2 is 0.500 bits per heavy atom. The summed E-state index contributed by atoms with van der Waals surface area (Å²) in [6.45, 7) is 0. The van der Waals surface area contributed by atoms with E-state index >= 15 is 0 Å². The van der Waals surface area contributed by atoms with E-state index in [1.165, 1.54) is 0 Å². The molecular weight excluding hydrogens is 367 g/mol. The maximum atomic E-state index is 0. The van der Waals surface area contributed by atoms with Crippen LogP contribution in [0.15, 0.2) is 0 Å². The van der Waals surface area contributed by atoms with Gasteiger partial charge in [-0.1, -0.05) is 0 Å². The summed E-state index contributed by atoms with van der Waals surface area (Å²) in [4.78, 5) is 0. The normalized spacial score (nSPS) is 0. The van der Waals surface area contributed by atoms with Crippen molar-refractivity contribution < 1.29 is 50.6 Å². The molecule has 0 unspecified atom stereocenters. The third-order valence-corrected chi connectivity index (χ3v) is 0. The fourth-order valence-electron chi connectivity index (χ4n) is 0. The van der Waals surface area contributed by atoms with Crippen molar-refractivity contribution in [2.75, 3.05) is 0 Å². The standard InChI is InChI=1S/2Fe.3H2O.Pb.2H/h;;3*1H2;;;. The first kappa shape index (κ1) is 108. The van der Waals surface area contributed by atoms with E-state index in [1.54, 1.807) is 0 Å². The van der Waals surface area contributed by atoms with Crippen LogP contribution in [-0.2, 0) is 34.1 Å². The van der Waals surface area contributed by atoms with E-state index in [9.17, 15) is 0 Å². The molecule has 0 amide bonds. The molecule has 2 radical (unpaired) electrons. The molecular formula is H8Fe2O3Pb. The monoisotopic (exact) mass is 376 g/mol. The SMILES string of the molecule is O.O.O.[Fe].[Fe].[PbH2]. The third kappa shape index (κ3) is 40.4. The topological polar surface area (TPSA) is 94.5 Å². The van der Waals surface area contributed by atoms with Gasteiger partial charge in [-0.2, -0.15) is 0 Å². The van der Waals surface area contributed by atoms with Crippen molar-refractivity contribution in [2.24, 2.45) is 0 Å². The molecule has 3 nitrogen and oxygen atoms in total. The van der Waals surface area contributed by atoms with Crippen molar-refractivity contribution in [2.45, 2.75) is 0 Å². The Bertz CT molecular complexity index is 8.75. The summed E-state index contributed by atoms with van der Waals surface area (Å²) in [5.41, 5.74) is 0. The molecule has 46 valence electrons. The average Bonchev–Trinajstić information content (AvgIpc) is 0. The fraction of sp³-hybridized carbons (Fsp3) is 0. The zero-order valence-corrected chi connectivity index (χ0v) is 10.6. The second kappa shape index (κ2) is 68.9. The first-order chi connectivity index (χ1) is 0. The van der Waals surface area contributed by atoms with Gasteiger partial charge in [-0.05, 0) is 0 Å². The van der Waals surface area contributed by atoms with Gasteiger partial charge in [0, 0.05) is 34.1 Å². The Hall–Kier alpha value is 1.84. The van der Waals surface area contributed by atoms with Crippen molar-refractivity contribution in [3.8, 4) is 0 Å². The van der Waals surface area contributed by atoms with E-state index in [0.29, 0.717) is 0 Å². The maximum absolute atomic E-state index is 0. The molecule has 0 aromatic carbocycles. The van der Waals surface area contributed by atoms with Gasteiger partial charge >= 0.3 is 27.3 Å². The van der Waals surface area contributed by atoms with Gasteiger partial charge in [0.1, 0.15) is 0 Å². The van der Waals surface area contributed by atoms with Crippen molar-refractivity contribution >= 4 is 27.3 Å². The molecule has 0 aromatic heterocycles. The number of hydrogen-bond acceptors (Lipinski definition) is 0. The molecule has 0 atom stereocenters. The van der Waals surface area contributed by atoms with E-state index < -0.39 is 0 Å². The fourth-order valence-corrected chi connectivity index (χ4v) is 0. The molecule has 0 spiro atoms. The van der Waals surface area contributed by atoms with Gasteiger partial charge < -0.3 is 16.4 Å². The van der Waals surface area contributed by atoms with Gasteiger partial charge in [-0.3, -0.25) is 0 Å². The molecule has 0 aliphatic carbocycles. The Kier molecular flexibility index (Phi) is 1240. The summed E-state index contributed by atoms with van der Waals surface area (Å²) in [7, 11) is 0. The molecule has 6 N–H and O–H groups in total. The predicted molar refractivity (Wildman–Crippen MR) is 19.4 cm³/mol. The zero-order valence-electron chi connectivity index (χ0n) is 2.91. The minimum atomic E-state index is 0. The molecule has 0 aliphatic heterocycles. The summed E-state index contributed by atoms with van der Waals surface area (Å²) < 4.78 is 0. The van der Waals surface area contributed by atoms with E-state index in [2.05, 4.69) is 0 Å². The van der Waals surface area contributed by atoms with Crippen LogP contribution in [0.1, 0.15) is 0 Å². The molecule has 0 saturated carbocycles. The van der Waals surface area contributed by atoms with Gasteiger partial charge in [-0.15, -0.1) is 0 Å². The van der Waals surface area contributed by atoms with Crippen LogP contribution in [0, 0.1) is 0 Å². The van der Waals surface area contributed by atoms with Crippen LogP contribution in [-0.4, -0.2) is 43.7 Å². The van der Waals surface area contributed by atoms with Crippen LogP contribution in [0.25, 0.3) is 0 Å². The van der Waals surface area contributed by atoms with E-state index in [4.69, 9.17) is 0 Å². The first-order valence-electron chi connectivity index (χ1n) is 0. The van der Waals surface area contributed by atoms with E-state index in [-0.39, 0.29) is 77.9 Å². The van der Waals surface area contributed by atoms with Gasteiger partial charge in [0.15, 0.2) is 0 Å². The van der Waals surface area contributed by atoms with Gasteiger partial charge in [-0.25, -0.2) is 0 Å². The van der Waals surface area contributed by atoms with Crippen LogP contribution >= 0.6 is 0 Å². The average molecular weight is 375 g/mol. The minimum absolute atomic E-state index is 0. The first-order valence-corrected chi connectivity index (χ1v) is 0. The molecule has 0 aliphatic rings. The molecule has 0 fully saturated rings.